The second-order valence-electron chi connectivity index (χ2n) is 7.57. The predicted octanol–water partition coefficient (Wildman–Crippen LogP) is 2.24. The van der Waals surface area contributed by atoms with E-state index in [4.69, 9.17) is 25.8 Å². The van der Waals surface area contributed by atoms with E-state index < -0.39 is 37.1 Å². The third-order valence-corrected chi connectivity index (χ3v) is 6.02. The summed E-state index contributed by atoms with van der Waals surface area (Å²) in [7, 11) is 0. The molecular weight excluding hydrogens is 504 g/mol. The number of aliphatic hydroxyl groups excluding tert-OH is 4. The standard InChI is InChI=1S/C23H28BrClO7/c24-7-8-30-9-10-31-17-4-1-14(2-5-17)11-16-12-15(3-6-18(16)25)23-22(29)21(28)20(27)19(13-26)32-23/h1-6,12,19-23,26-29H,7-11,13H2/t19-,20-,21+,22-,23-/m1/s1. The molecule has 3 rings (SSSR count). The molecule has 2 aromatic carbocycles. The molecule has 0 amide bonds. The van der Waals surface area contributed by atoms with Gasteiger partial charge in [-0.15, -0.1) is 0 Å². The Morgan fingerprint density at radius 2 is 1.69 bits per heavy atom. The van der Waals surface area contributed by atoms with Gasteiger partial charge in [0.2, 0.25) is 0 Å². The molecule has 0 spiro atoms. The Hall–Kier alpha value is -1.23. The van der Waals surface area contributed by atoms with Gasteiger partial charge >= 0.3 is 0 Å². The monoisotopic (exact) mass is 530 g/mol. The first-order valence-corrected chi connectivity index (χ1v) is 11.9. The van der Waals surface area contributed by atoms with Crippen LogP contribution in [0.3, 0.4) is 0 Å². The minimum Gasteiger partial charge on any atom is -0.491 e. The highest BCUT2D eigenvalue weighted by Gasteiger charge is 2.44. The third kappa shape index (κ3) is 6.42. The molecule has 0 unspecified atom stereocenters. The van der Waals surface area contributed by atoms with E-state index >= 15 is 0 Å². The average Bonchev–Trinajstić information content (AvgIpc) is 2.80. The van der Waals surface area contributed by atoms with Gasteiger partial charge in [-0.3, -0.25) is 0 Å². The van der Waals surface area contributed by atoms with E-state index in [1.165, 1.54) is 0 Å². The zero-order valence-corrected chi connectivity index (χ0v) is 19.8. The van der Waals surface area contributed by atoms with E-state index in [1.807, 2.05) is 24.3 Å². The predicted molar refractivity (Wildman–Crippen MR) is 124 cm³/mol. The summed E-state index contributed by atoms with van der Waals surface area (Å²) in [6.45, 7) is 1.16. The van der Waals surface area contributed by atoms with Crippen molar-refractivity contribution in [2.45, 2.75) is 36.9 Å². The fourth-order valence-corrected chi connectivity index (χ4v) is 4.00. The van der Waals surface area contributed by atoms with Crippen molar-refractivity contribution in [3.05, 3.63) is 64.2 Å². The molecule has 4 N–H and O–H groups in total. The molecule has 0 saturated carbocycles. The number of ether oxygens (including phenoxy) is 3. The summed E-state index contributed by atoms with van der Waals surface area (Å²) in [6.07, 6.45) is -5.48. The molecule has 0 aliphatic carbocycles. The molecule has 2 aromatic rings. The molecule has 7 nitrogen and oxygen atoms in total. The minimum atomic E-state index is -1.43. The number of benzene rings is 2. The van der Waals surface area contributed by atoms with Crippen molar-refractivity contribution in [3.8, 4) is 5.75 Å². The third-order valence-electron chi connectivity index (χ3n) is 5.33. The van der Waals surface area contributed by atoms with Crippen molar-refractivity contribution in [1.29, 1.82) is 0 Å². The van der Waals surface area contributed by atoms with Crippen LogP contribution in [0.25, 0.3) is 0 Å². The summed E-state index contributed by atoms with van der Waals surface area (Å²) >= 11 is 9.70. The number of rotatable bonds is 10. The van der Waals surface area contributed by atoms with Gasteiger partial charge in [0.25, 0.3) is 0 Å². The zero-order chi connectivity index (χ0) is 23.1. The van der Waals surface area contributed by atoms with Crippen molar-refractivity contribution in [2.24, 2.45) is 0 Å². The van der Waals surface area contributed by atoms with Crippen LogP contribution in [0.5, 0.6) is 5.75 Å². The number of halogens is 2. The van der Waals surface area contributed by atoms with Crippen LogP contribution in [-0.4, -0.2) is 76.6 Å². The Bertz CT molecular complexity index is 849. The van der Waals surface area contributed by atoms with Gasteiger partial charge in [0.1, 0.15) is 42.9 Å². The molecule has 32 heavy (non-hydrogen) atoms. The summed E-state index contributed by atoms with van der Waals surface area (Å²) in [6, 6.07) is 12.9. The van der Waals surface area contributed by atoms with Gasteiger partial charge in [0.05, 0.1) is 19.8 Å². The Morgan fingerprint density at radius 1 is 0.938 bits per heavy atom. The van der Waals surface area contributed by atoms with Crippen molar-refractivity contribution in [3.63, 3.8) is 0 Å². The van der Waals surface area contributed by atoms with Gasteiger partial charge in [0, 0.05) is 10.4 Å². The Kier molecular flexibility index (Phi) is 9.76. The number of aliphatic hydroxyl groups is 4. The normalized spacial score (nSPS) is 25.6. The molecule has 176 valence electrons. The van der Waals surface area contributed by atoms with Crippen LogP contribution >= 0.6 is 27.5 Å². The van der Waals surface area contributed by atoms with Crippen LogP contribution in [0.2, 0.25) is 5.02 Å². The van der Waals surface area contributed by atoms with Crippen LogP contribution in [0.1, 0.15) is 22.8 Å². The molecular formula is C23H28BrClO7. The lowest BCUT2D eigenvalue weighted by Gasteiger charge is -2.40. The highest BCUT2D eigenvalue weighted by Crippen LogP contribution is 2.34. The highest BCUT2D eigenvalue weighted by atomic mass is 79.9. The molecule has 1 heterocycles. The smallest absolute Gasteiger partial charge is 0.119 e. The fourth-order valence-electron chi connectivity index (χ4n) is 3.58. The maximum absolute atomic E-state index is 10.4. The molecule has 0 bridgehead atoms. The van der Waals surface area contributed by atoms with Crippen LogP contribution < -0.4 is 4.74 Å². The second-order valence-corrected chi connectivity index (χ2v) is 8.77. The maximum Gasteiger partial charge on any atom is 0.119 e. The van der Waals surface area contributed by atoms with Crippen LogP contribution in [-0.2, 0) is 15.9 Å². The summed E-state index contributed by atoms with van der Waals surface area (Å²) in [5.41, 5.74) is 2.43. The van der Waals surface area contributed by atoms with Crippen LogP contribution in [0.15, 0.2) is 42.5 Å². The van der Waals surface area contributed by atoms with E-state index in [0.717, 1.165) is 22.2 Å². The van der Waals surface area contributed by atoms with Gasteiger partial charge in [-0.2, -0.15) is 0 Å². The number of hydrogen-bond donors (Lipinski definition) is 4. The van der Waals surface area contributed by atoms with Crippen molar-refractivity contribution >= 4 is 27.5 Å². The quantitative estimate of drug-likeness (QED) is 0.275. The van der Waals surface area contributed by atoms with Gasteiger partial charge < -0.3 is 34.6 Å². The first-order chi connectivity index (χ1) is 15.4. The Morgan fingerprint density at radius 3 is 2.38 bits per heavy atom. The average molecular weight is 532 g/mol. The second kappa shape index (κ2) is 12.3. The molecule has 9 heteroatoms. The topological polar surface area (TPSA) is 109 Å². The van der Waals surface area contributed by atoms with Crippen LogP contribution in [0, 0.1) is 0 Å². The molecule has 1 saturated heterocycles. The highest BCUT2D eigenvalue weighted by molar-refractivity contribution is 9.09. The molecule has 0 radical (unpaired) electrons. The molecule has 1 aliphatic rings. The van der Waals surface area contributed by atoms with E-state index in [-0.39, 0.29) is 0 Å². The number of alkyl halides is 1. The van der Waals surface area contributed by atoms with Crippen molar-refractivity contribution in [2.75, 3.05) is 31.8 Å². The van der Waals surface area contributed by atoms with Crippen LogP contribution in [0.4, 0.5) is 0 Å². The summed E-state index contributed by atoms with van der Waals surface area (Å²) in [5, 5.41) is 41.2. The lowest BCUT2D eigenvalue weighted by molar-refractivity contribution is -0.231. The summed E-state index contributed by atoms with van der Waals surface area (Å²) in [4.78, 5) is 0. The van der Waals surface area contributed by atoms with E-state index in [2.05, 4.69) is 15.9 Å². The Balaban J connectivity index is 1.67. The summed E-state index contributed by atoms with van der Waals surface area (Å²) < 4.78 is 16.7. The lowest BCUT2D eigenvalue weighted by Crippen LogP contribution is -2.55. The fraction of sp³-hybridized carbons (Fsp3) is 0.478. The minimum absolute atomic E-state index is 0.472. The number of hydrogen-bond acceptors (Lipinski definition) is 7. The van der Waals surface area contributed by atoms with Gasteiger partial charge in [-0.25, -0.2) is 0 Å². The first kappa shape index (κ1) is 25.4. The van der Waals surface area contributed by atoms with Crippen molar-refractivity contribution < 1.29 is 34.6 Å². The molecule has 1 aliphatic heterocycles. The van der Waals surface area contributed by atoms with Gasteiger partial charge in [-0.05, 0) is 41.3 Å². The van der Waals surface area contributed by atoms with Gasteiger partial charge in [0.15, 0.2) is 0 Å². The zero-order valence-electron chi connectivity index (χ0n) is 17.4. The molecule has 0 aromatic heterocycles. The van der Waals surface area contributed by atoms with E-state index in [1.54, 1.807) is 18.2 Å². The largest absolute Gasteiger partial charge is 0.491 e. The van der Waals surface area contributed by atoms with E-state index in [0.29, 0.717) is 36.8 Å². The first-order valence-electron chi connectivity index (χ1n) is 10.4. The Labute approximate surface area is 200 Å². The SMILES string of the molecule is OC[C@H]1O[C@H](c2ccc(Cl)c(Cc3ccc(OCCOCCBr)cc3)c2)[C@H](O)[C@@H](O)[C@@H]1O. The summed E-state index contributed by atoms with van der Waals surface area (Å²) in [5.74, 6) is 0.748. The maximum atomic E-state index is 10.4. The molecule has 1 fully saturated rings. The lowest BCUT2D eigenvalue weighted by atomic mass is 9.90. The van der Waals surface area contributed by atoms with Crippen molar-refractivity contribution in [1.82, 2.24) is 0 Å². The van der Waals surface area contributed by atoms with Gasteiger partial charge in [-0.1, -0.05) is 51.8 Å². The van der Waals surface area contributed by atoms with E-state index in [9.17, 15) is 20.4 Å². The molecule has 5 atom stereocenters.